The number of carbonyl (C=O) groups excluding carboxylic acids is 2. The molecule has 0 bridgehead atoms. The second kappa shape index (κ2) is 8.88. The summed E-state index contributed by atoms with van der Waals surface area (Å²) in [6.07, 6.45) is 3.74. The molecule has 0 saturated carbocycles. The van der Waals surface area contributed by atoms with Crippen LogP contribution in [-0.4, -0.2) is 25.3 Å². The smallest absolute Gasteiger partial charge is 0.133 e. The van der Waals surface area contributed by atoms with Gasteiger partial charge in [-0.15, -0.1) is 0 Å². The fourth-order valence-electron chi connectivity index (χ4n) is 1.15. The molecule has 0 amide bonds. The van der Waals surface area contributed by atoms with Gasteiger partial charge >= 0.3 is 0 Å². The summed E-state index contributed by atoms with van der Waals surface area (Å²) < 4.78 is 4.87. The van der Waals surface area contributed by atoms with Gasteiger partial charge in [0.25, 0.3) is 0 Å². The molecular weight excluding hydrogens is 180 g/mol. The summed E-state index contributed by atoms with van der Waals surface area (Å²) in [4.78, 5) is 22.2. The quantitative estimate of drug-likeness (QED) is 0.535. The van der Waals surface area contributed by atoms with Gasteiger partial charge in [-0.3, -0.25) is 9.59 Å². The van der Waals surface area contributed by atoms with Crippen LogP contribution in [0.25, 0.3) is 0 Å². The first-order valence-electron chi connectivity index (χ1n) is 5.23. The van der Waals surface area contributed by atoms with E-state index >= 15 is 0 Å². The van der Waals surface area contributed by atoms with Crippen molar-refractivity contribution in [3.63, 3.8) is 0 Å². The highest BCUT2D eigenvalue weighted by atomic mass is 16.5. The minimum absolute atomic E-state index is 0.176. The van der Waals surface area contributed by atoms with E-state index < -0.39 is 0 Å². The van der Waals surface area contributed by atoms with Crippen LogP contribution in [0.15, 0.2) is 0 Å². The van der Waals surface area contributed by atoms with Crippen molar-refractivity contribution in [3.05, 3.63) is 0 Å². The van der Waals surface area contributed by atoms with Crippen LogP contribution in [0.5, 0.6) is 0 Å². The van der Waals surface area contributed by atoms with Crippen LogP contribution in [0.3, 0.4) is 0 Å². The lowest BCUT2D eigenvalue weighted by atomic mass is 10.1. The van der Waals surface area contributed by atoms with Crippen LogP contribution in [0.2, 0.25) is 0 Å². The lowest BCUT2D eigenvalue weighted by molar-refractivity contribution is -0.124. The van der Waals surface area contributed by atoms with Crippen LogP contribution in [-0.2, 0) is 14.3 Å². The van der Waals surface area contributed by atoms with Crippen molar-refractivity contribution in [2.45, 2.75) is 45.4 Å². The van der Waals surface area contributed by atoms with Crippen molar-refractivity contribution < 1.29 is 14.3 Å². The van der Waals surface area contributed by atoms with Gasteiger partial charge < -0.3 is 4.74 Å². The highest BCUT2D eigenvalue weighted by molar-refractivity contribution is 5.85. The number of rotatable bonds is 9. The molecule has 0 atom stereocenters. The summed E-state index contributed by atoms with van der Waals surface area (Å²) in [5, 5.41) is 0. The van der Waals surface area contributed by atoms with E-state index in [1.54, 1.807) is 7.11 Å². The summed E-state index contributed by atoms with van der Waals surface area (Å²) in [5.74, 6) is 0.373. The number of methoxy groups -OCH3 is 1. The maximum atomic E-state index is 11.2. The maximum absolute atomic E-state index is 11.2. The predicted octanol–water partition coefficient (Wildman–Crippen LogP) is 2.13. The molecule has 0 spiro atoms. The minimum atomic E-state index is 0.176. The zero-order valence-electron chi connectivity index (χ0n) is 9.17. The Morgan fingerprint density at radius 3 is 2.21 bits per heavy atom. The first kappa shape index (κ1) is 13.3. The number of Topliss-reactive ketones (excluding diaryl/α,β-unsaturated/α-hetero) is 2. The third kappa shape index (κ3) is 7.92. The van der Waals surface area contributed by atoms with Crippen LogP contribution < -0.4 is 0 Å². The zero-order valence-corrected chi connectivity index (χ0v) is 9.17. The van der Waals surface area contributed by atoms with Gasteiger partial charge in [-0.05, 0) is 12.8 Å². The number of hydrogen-bond acceptors (Lipinski definition) is 3. The lowest BCUT2D eigenvalue weighted by Crippen LogP contribution is -2.03. The van der Waals surface area contributed by atoms with E-state index in [-0.39, 0.29) is 11.6 Å². The highest BCUT2D eigenvalue weighted by Gasteiger charge is 2.04. The summed E-state index contributed by atoms with van der Waals surface area (Å²) in [7, 11) is 1.65. The Balaban J connectivity index is 3.32. The second-order valence-corrected chi connectivity index (χ2v) is 3.38. The maximum Gasteiger partial charge on any atom is 0.133 e. The van der Waals surface area contributed by atoms with E-state index in [4.69, 9.17) is 4.74 Å². The summed E-state index contributed by atoms with van der Waals surface area (Å²) in [6.45, 7) is 2.53. The molecule has 0 rings (SSSR count). The van der Waals surface area contributed by atoms with Gasteiger partial charge in [0.2, 0.25) is 0 Å². The van der Waals surface area contributed by atoms with Crippen molar-refractivity contribution in [1.29, 1.82) is 0 Å². The van der Waals surface area contributed by atoms with Crippen molar-refractivity contribution in [2.75, 3.05) is 13.7 Å². The third-order valence-electron chi connectivity index (χ3n) is 2.13. The standard InChI is InChI=1S/C11H20O3/c1-3-10(12)7-8-11(13)6-4-5-9-14-2/h3-9H2,1-2H3. The third-order valence-corrected chi connectivity index (χ3v) is 2.13. The van der Waals surface area contributed by atoms with Crippen LogP contribution >= 0.6 is 0 Å². The molecule has 0 aliphatic carbocycles. The number of hydrogen-bond donors (Lipinski definition) is 0. The average molecular weight is 200 g/mol. The summed E-state index contributed by atoms with van der Waals surface area (Å²) >= 11 is 0. The normalized spacial score (nSPS) is 10.1. The Morgan fingerprint density at radius 2 is 1.64 bits per heavy atom. The summed E-state index contributed by atoms with van der Waals surface area (Å²) in [5.41, 5.74) is 0. The largest absolute Gasteiger partial charge is 0.385 e. The van der Waals surface area contributed by atoms with Gasteiger partial charge in [0.15, 0.2) is 0 Å². The highest BCUT2D eigenvalue weighted by Crippen LogP contribution is 2.03. The van der Waals surface area contributed by atoms with Gasteiger partial charge in [-0.2, -0.15) is 0 Å². The van der Waals surface area contributed by atoms with E-state index in [0.717, 1.165) is 12.8 Å². The Labute approximate surface area is 85.8 Å². The molecule has 82 valence electrons. The molecule has 0 aromatic carbocycles. The molecule has 3 heteroatoms. The van der Waals surface area contributed by atoms with Gasteiger partial charge in [0.05, 0.1) is 0 Å². The Morgan fingerprint density at radius 1 is 1.00 bits per heavy atom. The van der Waals surface area contributed by atoms with E-state index in [1.807, 2.05) is 6.92 Å². The topological polar surface area (TPSA) is 43.4 Å². The molecule has 0 aromatic heterocycles. The molecular formula is C11H20O3. The molecule has 0 fully saturated rings. The SMILES string of the molecule is CCC(=O)CCC(=O)CCCCOC. The predicted molar refractivity (Wildman–Crippen MR) is 55.3 cm³/mol. The minimum Gasteiger partial charge on any atom is -0.385 e. The van der Waals surface area contributed by atoms with Crippen molar-refractivity contribution in [2.24, 2.45) is 0 Å². The van der Waals surface area contributed by atoms with Crippen molar-refractivity contribution >= 4 is 11.6 Å². The molecule has 0 aliphatic heterocycles. The van der Waals surface area contributed by atoms with Gasteiger partial charge in [-0.25, -0.2) is 0 Å². The molecule has 0 saturated heterocycles. The number of carbonyl (C=O) groups is 2. The number of ketones is 2. The second-order valence-electron chi connectivity index (χ2n) is 3.38. The van der Waals surface area contributed by atoms with Crippen LogP contribution in [0.1, 0.15) is 45.4 Å². The van der Waals surface area contributed by atoms with Crippen LogP contribution in [0.4, 0.5) is 0 Å². The first-order valence-corrected chi connectivity index (χ1v) is 5.23. The fourth-order valence-corrected chi connectivity index (χ4v) is 1.15. The summed E-state index contributed by atoms with van der Waals surface area (Å²) in [6, 6.07) is 0. The van der Waals surface area contributed by atoms with Crippen LogP contribution in [0, 0.1) is 0 Å². The lowest BCUT2D eigenvalue weighted by Gasteiger charge is -2.00. The average Bonchev–Trinajstić information content (AvgIpc) is 2.21. The first-order chi connectivity index (χ1) is 6.70. The molecule has 0 aliphatic rings. The Kier molecular flexibility index (Phi) is 8.43. The van der Waals surface area contributed by atoms with E-state index in [0.29, 0.717) is 32.3 Å². The fraction of sp³-hybridized carbons (Fsp3) is 0.818. The van der Waals surface area contributed by atoms with E-state index in [9.17, 15) is 9.59 Å². The monoisotopic (exact) mass is 200 g/mol. The Bertz CT molecular complexity index is 175. The van der Waals surface area contributed by atoms with E-state index in [2.05, 4.69) is 0 Å². The number of ether oxygens (including phenoxy) is 1. The van der Waals surface area contributed by atoms with Crippen molar-refractivity contribution in [1.82, 2.24) is 0 Å². The number of unbranched alkanes of at least 4 members (excludes halogenated alkanes) is 1. The van der Waals surface area contributed by atoms with Crippen molar-refractivity contribution in [3.8, 4) is 0 Å². The zero-order chi connectivity index (χ0) is 10.8. The van der Waals surface area contributed by atoms with Gasteiger partial charge in [-0.1, -0.05) is 6.92 Å². The molecule has 3 nitrogen and oxygen atoms in total. The molecule has 14 heavy (non-hydrogen) atoms. The molecule has 0 radical (unpaired) electrons. The molecule has 0 unspecified atom stereocenters. The van der Waals surface area contributed by atoms with Gasteiger partial charge in [0.1, 0.15) is 11.6 Å². The Hall–Kier alpha value is -0.700. The molecule has 0 heterocycles. The van der Waals surface area contributed by atoms with E-state index in [1.165, 1.54) is 0 Å². The molecule has 0 N–H and O–H groups in total. The van der Waals surface area contributed by atoms with Gasteiger partial charge in [0, 0.05) is 39.4 Å². The molecule has 0 aromatic rings.